The van der Waals surface area contributed by atoms with Crippen molar-refractivity contribution in [3.05, 3.63) is 0 Å². The Morgan fingerprint density at radius 3 is 2.79 bits per heavy atom. The first-order chi connectivity index (χ1) is 9.01. The molecule has 110 valence electrons. The van der Waals surface area contributed by atoms with Crippen molar-refractivity contribution in [1.82, 2.24) is 10.2 Å². The second-order valence-corrected chi connectivity index (χ2v) is 5.22. The van der Waals surface area contributed by atoms with Crippen LogP contribution < -0.4 is 11.1 Å². The SMILES string of the molecule is COC(=O)CCC1CC(N)CN(CCNC(C)=O)C1. The molecule has 6 nitrogen and oxygen atoms in total. The van der Waals surface area contributed by atoms with Crippen LogP contribution in [0.1, 0.15) is 26.2 Å². The second-order valence-electron chi connectivity index (χ2n) is 5.22. The molecule has 1 amide bonds. The number of nitrogens with one attached hydrogen (secondary N) is 1. The number of piperidine rings is 1. The lowest BCUT2D eigenvalue weighted by atomic mass is 9.91. The van der Waals surface area contributed by atoms with Gasteiger partial charge in [0, 0.05) is 45.6 Å². The van der Waals surface area contributed by atoms with Gasteiger partial charge in [0.1, 0.15) is 0 Å². The van der Waals surface area contributed by atoms with Gasteiger partial charge in [-0.3, -0.25) is 14.5 Å². The minimum absolute atomic E-state index is 0.0106. The summed E-state index contributed by atoms with van der Waals surface area (Å²) in [6, 6.07) is 0.147. The van der Waals surface area contributed by atoms with E-state index in [1.807, 2.05) is 0 Å². The molecule has 0 bridgehead atoms. The van der Waals surface area contributed by atoms with Gasteiger partial charge in [0.05, 0.1) is 7.11 Å². The van der Waals surface area contributed by atoms with Gasteiger partial charge in [0.15, 0.2) is 0 Å². The molecule has 1 fully saturated rings. The third kappa shape index (κ3) is 6.54. The smallest absolute Gasteiger partial charge is 0.305 e. The Bertz CT molecular complexity index is 310. The van der Waals surface area contributed by atoms with Crippen LogP contribution >= 0.6 is 0 Å². The van der Waals surface area contributed by atoms with Crippen molar-refractivity contribution in [1.29, 1.82) is 0 Å². The van der Waals surface area contributed by atoms with E-state index in [9.17, 15) is 9.59 Å². The molecule has 0 saturated carbocycles. The van der Waals surface area contributed by atoms with Crippen molar-refractivity contribution >= 4 is 11.9 Å². The number of nitrogens with zero attached hydrogens (tertiary/aromatic N) is 1. The summed E-state index contributed by atoms with van der Waals surface area (Å²) in [6.45, 7) is 4.76. The molecule has 3 N–H and O–H groups in total. The minimum Gasteiger partial charge on any atom is -0.469 e. The van der Waals surface area contributed by atoms with Gasteiger partial charge in [-0.15, -0.1) is 0 Å². The molecule has 19 heavy (non-hydrogen) atoms. The number of esters is 1. The van der Waals surface area contributed by atoms with Crippen LogP contribution in [0.5, 0.6) is 0 Å². The average molecular weight is 271 g/mol. The van der Waals surface area contributed by atoms with Crippen LogP contribution in [0.15, 0.2) is 0 Å². The molecule has 1 heterocycles. The number of carbonyl (C=O) groups is 2. The van der Waals surface area contributed by atoms with Gasteiger partial charge in [0.2, 0.25) is 5.91 Å². The fraction of sp³-hybridized carbons (Fsp3) is 0.846. The van der Waals surface area contributed by atoms with E-state index in [0.717, 1.165) is 32.5 Å². The second kappa shape index (κ2) is 8.12. The molecule has 0 aromatic rings. The van der Waals surface area contributed by atoms with E-state index in [4.69, 9.17) is 5.73 Å². The predicted molar refractivity (Wildman–Crippen MR) is 72.5 cm³/mol. The first-order valence-corrected chi connectivity index (χ1v) is 6.80. The summed E-state index contributed by atoms with van der Waals surface area (Å²) in [5.41, 5.74) is 6.04. The maximum atomic E-state index is 11.1. The molecule has 1 saturated heterocycles. The Balaban J connectivity index is 2.31. The van der Waals surface area contributed by atoms with Crippen molar-refractivity contribution in [3.8, 4) is 0 Å². The number of amides is 1. The fourth-order valence-electron chi connectivity index (χ4n) is 2.55. The molecular weight excluding hydrogens is 246 g/mol. The first-order valence-electron chi connectivity index (χ1n) is 6.80. The molecule has 2 unspecified atom stereocenters. The molecule has 2 atom stereocenters. The largest absolute Gasteiger partial charge is 0.469 e. The Labute approximate surface area is 114 Å². The van der Waals surface area contributed by atoms with Crippen LogP contribution in [0.3, 0.4) is 0 Å². The van der Waals surface area contributed by atoms with Crippen molar-refractivity contribution in [2.24, 2.45) is 11.7 Å². The van der Waals surface area contributed by atoms with E-state index >= 15 is 0 Å². The molecule has 0 aromatic carbocycles. The van der Waals surface area contributed by atoms with E-state index in [1.165, 1.54) is 14.0 Å². The van der Waals surface area contributed by atoms with Gasteiger partial charge >= 0.3 is 5.97 Å². The van der Waals surface area contributed by atoms with E-state index in [1.54, 1.807) is 0 Å². The number of methoxy groups -OCH3 is 1. The molecule has 0 aromatic heterocycles. The third-order valence-electron chi connectivity index (χ3n) is 3.43. The zero-order chi connectivity index (χ0) is 14.3. The number of ether oxygens (including phenoxy) is 1. The fourth-order valence-corrected chi connectivity index (χ4v) is 2.55. The number of carbonyl (C=O) groups excluding carboxylic acids is 2. The van der Waals surface area contributed by atoms with Gasteiger partial charge in [-0.1, -0.05) is 0 Å². The van der Waals surface area contributed by atoms with Gasteiger partial charge < -0.3 is 15.8 Å². The van der Waals surface area contributed by atoms with Crippen LogP contribution in [-0.4, -0.2) is 56.1 Å². The van der Waals surface area contributed by atoms with Gasteiger partial charge in [-0.05, 0) is 18.8 Å². The standard InChI is InChI=1S/C13H25N3O3/c1-10(17)15-5-6-16-8-11(7-12(14)9-16)3-4-13(18)19-2/h11-12H,3-9,14H2,1-2H3,(H,15,17). The van der Waals surface area contributed by atoms with Crippen molar-refractivity contribution in [2.75, 3.05) is 33.3 Å². The number of hydrogen-bond acceptors (Lipinski definition) is 5. The zero-order valence-corrected chi connectivity index (χ0v) is 11.9. The van der Waals surface area contributed by atoms with Crippen molar-refractivity contribution in [2.45, 2.75) is 32.2 Å². The Morgan fingerprint density at radius 1 is 1.42 bits per heavy atom. The summed E-state index contributed by atoms with van der Waals surface area (Å²) < 4.78 is 4.65. The summed E-state index contributed by atoms with van der Waals surface area (Å²) in [7, 11) is 1.41. The van der Waals surface area contributed by atoms with E-state index in [-0.39, 0.29) is 17.9 Å². The molecule has 1 rings (SSSR count). The summed E-state index contributed by atoms with van der Waals surface area (Å²) in [5, 5.41) is 2.79. The Morgan fingerprint density at radius 2 is 2.16 bits per heavy atom. The number of nitrogens with two attached hydrogens (primary N) is 1. The van der Waals surface area contributed by atoms with Crippen LogP contribution in [0.4, 0.5) is 0 Å². The third-order valence-corrected chi connectivity index (χ3v) is 3.43. The first kappa shape index (κ1) is 15.9. The summed E-state index contributed by atoms with van der Waals surface area (Å²) in [6.07, 6.45) is 2.22. The summed E-state index contributed by atoms with van der Waals surface area (Å²) in [5.74, 6) is 0.257. The summed E-state index contributed by atoms with van der Waals surface area (Å²) >= 11 is 0. The molecule has 6 heteroatoms. The van der Waals surface area contributed by atoms with E-state index in [2.05, 4.69) is 15.0 Å². The molecule has 0 aliphatic carbocycles. The topological polar surface area (TPSA) is 84.7 Å². The number of rotatable bonds is 6. The maximum absolute atomic E-state index is 11.1. The van der Waals surface area contributed by atoms with E-state index < -0.39 is 0 Å². The van der Waals surface area contributed by atoms with Gasteiger partial charge in [0.25, 0.3) is 0 Å². The average Bonchev–Trinajstić information content (AvgIpc) is 2.35. The van der Waals surface area contributed by atoms with Crippen LogP contribution in [0, 0.1) is 5.92 Å². The molecule has 0 radical (unpaired) electrons. The predicted octanol–water partition coefficient (Wildman–Crippen LogP) is -0.275. The zero-order valence-electron chi connectivity index (χ0n) is 11.9. The lowest BCUT2D eigenvalue weighted by Gasteiger charge is -2.36. The van der Waals surface area contributed by atoms with Crippen LogP contribution in [0.2, 0.25) is 0 Å². The van der Waals surface area contributed by atoms with Crippen molar-refractivity contribution in [3.63, 3.8) is 0 Å². The highest BCUT2D eigenvalue weighted by atomic mass is 16.5. The normalized spacial score (nSPS) is 23.9. The highest BCUT2D eigenvalue weighted by Gasteiger charge is 2.25. The molecular formula is C13H25N3O3. The lowest BCUT2D eigenvalue weighted by Crippen LogP contribution is -2.49. The molecule has 1 aliphatic heterocycles. The summed E-state index contributed by atoms with van der Waals surface area (Å²) in [4.78, 5) is 24.2. The lowest BCUT2D eigenvalue weighted by molar-refractivity contribution is -0.141. The number of hydrogen-bond donors (Lipinski definition) is 2. The number of likely N-dealkylation sites (tertiary alicyclic amines) is 1. The van der Waals surface area contributed by atoms with Crippen LogP contribution in [-0.2, 0) is 14.3 Å². The van der Waals surface area contributed by atoms with E-state index in [0.29, 0.717) is 18.9 Å². The monoisotopic (exact) mass is 271 g/mol. The quantitative estimate of drug-likeness (QED) is 0.649. The van der Waals surface area contributed by atoms with Crippen LogP contribution in [0.25, 0.3) is 0 Å². The molecule has 1 aliphatic rings. The maximum Gasteiger partial charge on any atom is 0.305 e. The Kier molecular flexibility index (Phi) is 6.80. The van der Waals surface area contributed by atoms with Gasteiger partial charge in [-0.25, -0.2) is 0 Å². The minimum atomic E-state index is -0.163. The van der Waals surface area contributed by atoms with Crippen molar-refractivity contribution < 1.29 is 14.3 Å². The molecule has 0 spiro atoms. The van der Waals surface area contributed by atoms with Gasteiger partial charge in [-0.2, -0.15) is 0 Å². The Hall–Kier alpha value is -1.14. The highest BCUT2D eigenvalue weighted by molar-refractivity contribution is 5.72. The highest BCUT2D eigenvalue weighted by Crippen LogP contribution is 2.20.